The number of quaternary nitrogens is 1. The third-order valence-electron chi connectivity index (χ3n) is 5.70. The number of aryl methyl sites for hydroxylation is 1. The Morgan fingerprint density at radius 1 is 1.31 bits per heavy atom. The molecule has 0 spiro atoms. The van der Waals surface area contributed by atoms with Crippen molar-refractivity contribution >= 4 is 22.9 Å². The first-order valence-corrected chi connectivity index (χ1v) is 9.38. The van der Waals surface area contributed by atoms with Gasteiger partial charge in [-0.05, 0) is 31.7 Å². The molecule has 1 saturated carbocycles. The van der Waals surface area contributed by atoms with Crippen molar-refractivity contribution < 1.29 is 18.9 Å². The van der Waals surface area contributed by atoms with E-state index in [4.69, 9.17) is 4.42 Å². The zero-order valence-corrected chi connectivity index (χ0v) is 15.6. The van der Waals surface area contributed by atoms with E-state index in [0.717, 1.165) is 46.5 Å². The van der Waals surface area contributed by atoms with E-state index in [9.17, 15) is 9.59 Å². The fourth-order valence-electron chi connectivity index (χ4n) is 4.05. The summed E-state index contributed by atoms with van der Waals surface area (Å²) >= 11 is 0. The zero-order valence-electron chi connectivity index (χ0n) is 15.6. The van der Waals surface area contributed by atoms with E-state index in [1.165, 1.54) is 4.90 Å². The Hall–Kier alpha value is -2.34. The number of carbonyl (C=O) groups is 2. The summed E-state index contributed by atoms with van der Waals surface area (Å²) in [6.45, 7) is 5.00. The van der Waals surface area contributed by atoms with Crippen LogP contribution < -0.4 is 10.2 Å². The molecule has 6 heteroatoms. The molecule has 26 heavy (non-hydrogen) atoms. The maximum Gasteiger partial charge on any atom is 0.329 e. The molecule has 6 nitrogen and oxygen atoms in total. The molecule has 1 aromatic carbocycles. The summed E-state index contributed by atoms with van der Waals surface area (Å²) in [5.41, 5.74) is 1.34. The molecule has 0 radical (unpaired) electrons. The lowest BCUT2D eigenvalue weighted by Gasteiger charge is -2.22. The van der Waals surface area contributed by atoms with Crippen LogP contribution in [0, 0.1) is 5.92 Å². The molecule has 1 aromatic heterocycles. The summed E-state index contributed by atoms with van der Waals surface area (Å²) in [4.78, 5) is 27.6. The highest BCUT2D eigenvalue weighted by Crippen LogP contribution is 2.42. The van der Waals surface area contributed by atoms with E-state index in [-0.39, 0.29) is 17.9 Å². The second kappa shape index (κ2) is 6.13. The van der Waals surface area contributed by atoms with Crippen LogP contribution in [0.3, 0.4) is 0 Å². The summed E-state index contributed by atoms with van der Waals surface area (Å²) < 4.78 is 5.96. The Bertz CT molecular complexity index is 870. The predicted octanol–water partition coefficient (Wildman–Crippen LogP) is 1.69. The Balaban J connectivity index is 1.52. The Kier molecular flexibility index (Phi) is 4.03. The molecule has 2 N–H and O–H groups in total. The first kappa shape index (κ1) is 17.1. The van der Waals surface area contributed by atoms with Crippen LogP contribution in [0.5, 0.6) is 0 Å². The second-order valence-corrected chi connectivity index (χ2v) is 7.79. The maximum atomic E-state index is 12.8. The zero-order chi connectivity index (χ0) is 18.5. The Labute approximate surface area is 153 Å². The summed E-state index contributed by atoms with van der Waals surface area (Å²) in [5.74, 6) is 1.18. The first-order chi connectivity index (χ1) is 12.4. The van der Waals surface area contributed by atoms with Gasteiger partial charge in [-0.1, -0.05) is 25.1 Å². The van der Waals surface area contributed by atoms with Crippen molar-refractivity contribution in [2.24, 2.45) is 5.92 Å². The van der Waals surface area contributed by atoms with Gasteiger partial charge in [0.1, 0.15) is 23.4 Å². The van der Waals surface area contributed by atoms with Crippen LogP contribution in [-0.4, -0.2) is 36.1 Å². The normalized spacial score (nSPS) is 24.3. The number of imide groups is 1. The minimum absolute atomic E-state index is 0.0860. The standard InChI is InChI=1S/C20H25N3O3/c1-4-16-15(14-7-5-6-8-17(14)26-16)11-22(3)12-23-18(24)20(2,13-9-10-13)21-19(23)25/h5-8,13H,4,9-12H2,1-3H3,(H,21,25)/p+1/t20-/m0/s1. The average Bonchev–Trinajstić information content (AvgIpc) is 3.39. The number of hydrogen-bond donors (Lipinski definition) is 2. The molecule has 2 aromatic rings. The molecule has 2 heterocycles. The molecule has 2 fully saturated rings. The quantitative estimate of drug-likeness (QED) is 0.774. The minimum atomic E-state index is -0.714. The number of rotatable bonds is 6. The molecule has 138 valence electrons. The van der Waals surface area contributed by atoms with Gasteiger partial charge in [0.05, 0.1) is 12.6 Å². The number of para-hydroxylation sites is 1. The molecule has 2 aliphatic rings. The summed E-state index contributed by atoms with van der Waals surface area (Å²) in [7, 11) is 2.01. The van der Waals surface area contributed by atoms with Gasteiger partial charge < -0.3 is 14.6 Å². The number of amides is 3. The van der Waals surface area contributed by atoms with Crippen molar-refractivity contribution in [2.75, 3.05) is 13.7 Å². The smallest absolute Gasteiger partial charge is 0.329 e. The van der Waals surface area contributed by atoms with Gasteiger partial charge in [0.2, 0.25) is 0 Å². The van der Waals surface area contributed by atoms with Crippen LogP contribution in [0.2, 0.25) is 0 Å². The fraction of sp³-hybridized carbons (Fsp3) is 0.500. The van der Waals surface area contributed by atoms with Gasteiger partial charge in [-0.3, -0.25) is 4.79 Å². The summed E-state index contributed by atoms with van der Waals surface area (Å²) in [6.07, 6.45) is 2.85. The highest BCUT2D eigenvalue weighted by atomic mass is 16.3. The van der Waals surface area contributed by atoms with Crippen LogP contribution >= 0.6 is 0 Å². The number of nitrogens with one attached hydrogen (secondary N) is 2. The SMILES string of the molecule is CCc1oc2ccccc2c1C[NH+](C)CN1C(=O)N[C@@](C)(C2CC2)C1=O. The van der Waals surface area contributed by atoms with Crippen molar-refractivity contribution in [3.05, 3.63) is 35.6 Å². The number of carbonyl (C=O) groups excluding carboxylic acids is 2. The molecule has 1 unspecified atom stereocenters. The van der Waals surface area contributed by atoms with Crippen LogP contribution in [0.25, 0.3) is 11.0 Å². The van der Waals surface area contributed by atoms with Gasteiger partial charge in [-0.25, -0.2) is 9.69 Å². The maximum absolute atomic E-state index is 12.8. The number of fused-ring (bicyclic) bond motifs is 1. The van der Waals surface area contributed by atoms with Crippen molar-refractivity contribution in [3.63, 3.8) is 0 Å². The van der Waals surface area contributed by atoms with E-state index in [1.807, 2.05) is 32.2 Å². The van der Waals surface area contributed by atoms with Crippen molar-refractivity contribution in [1.29, 1.82) is 0 Å². The first-order valence-electron chi connectivity index (χ1n) is 9.38. The van der Waals surface area contributed by atoms with E-state index in [1.54, 1.807) is 0 Å². The number of benzene rings is 1. The molecule has 1 aliphatic heterocycles. The largest absolute Gasteiger partial charge is 0.461 e. The van der Waals surface area contributed by atoms with Gasteiger partial charge in [0, 0.05) is 11.8 Å². The molecule has 2 atom stereocenters. The monoisotopic (exact) mass is 356 g/mol. The number of furan rings is 1. The molecule has 1 aliphatic carbocycles. The average molecular weight is 356 g/mol. The molecular formula is C20H26N3O3+. The van der Waals surface area contributed by atoms with Crippen LogP contribution in [-0.2, 0) is 17.8 Å². The van der Waals surface area contributed by atoms with Gasteiger partial charge >= 0.3 is 6.03 Å². The summed E-state index contributed by atoms with van der Waals surface area (Å²) in [5, 5.41) is 4.03. The van der Waals surface area contributed by atoms with Crippen LogP contribution in [0.15, 0.2) is 28.7 Å². The highest BCUT2D eigenvalue weighted by Gasteiger charge is 2.56. The van der Waals surface area contributed by atoms with Crippen molar-refractivity contribution in [3.8, 4) is 0 Å². The molecular weight excluding hydrogens is 330 g/mol. The number of hydrogen-bond acceptors (Lipinski definition) is 3. The third kappa shape index (κ3) is 2.69. The van der Waals surface area contributed by atoms with Gasteiger partial charge in [-0.15, -0.1) is 0 Å². The third-order valence-corrected chi connectivity index (χ3v) is 5.70. The van der Waals surface area contributed by atoms with Crippen molar-refractivity contribution in [2.45, 2.75) is 45.2 Å². The van der Waals surface area contributed by atoms with Crippen molar-refractivity contribution in [1.82, 2.24) is 10.2 Å². The topological polar surface area (TPSA) is 67.0 Å². The van der Waals surface area contributed by atoms with E-state index >= 15 is 0 Å². The molecule has 0 bridgehead atoms. The van der Waals surface area contributed by atoms with Gasteiger partial charge in [0.25, 0.3) is 5.91 Å². The van der Waals surface area contributed by atoms with Gasteiger partial charge in [-0.2, -0.15) is 0 Å². The fourth-order valence-corrected chi connectivity index (χ4v) is 4.05. The second-order valence-electron chi connectivity index (χ2n) is 7.79. The van der Waals surface area contributed by atoms with Crippen LogP contribution in [0.4, 0.5) is 4.79 Å². The van der Waals surface area contributed by atoms with E-state index in [2.05, 4.69) is 18.3 Å². The number of urea groups is 1. The van der Waals surface area contributed by atoms with Gasteiger partial charge in [0.15, 0.2) is 6.67 Å². The molecule has 3 amide bonds. The molecule has 4 rings (SSSR count). The lowest BCUT2D eigenvalue weighted by Crippen LogP contribution is -3.09. The lowest BCUT2D eigenvalue weighted by molar-refractivity contribution is -0.901. The summed E-state index contributed by atoms with van der Waals surface area (Å²) in [6, 6.07) is 7.76. The Morgan fingerprint density at radius 2 is 2.04 bits per heavy atom. The molecule has 1 saturated heterocycles. The highest BCUT2D eigenvalue weighted by molar-refractivity contribution is 6.07. The lowest BCUT2D eigenvalue weighted by atomic mass is 9.96. The Morgan fingerprint density at radius 3 is 2.73 bits per heavy atom. The van der Waals surface area contributed by atoms with E-state index in [0.29, 0.717) is 13.2 Å². The van der Waals surface area contributed by atoms with Crippen LogP contribution in [0.1, 0.15) is 38.0 Å². The number of nitrogens with zero attached hydrogens (tertiary/aromatic N) is 1. The minimum Gasteiger partial charge on any atom is -0.461 e. The van der Waals surface area contributed by atoms with E-state index < -0.39 is 5.54 Å². The predicted molar refractivity (Wildman–Crippen MR) is 97.6 cm³/mol.